The van der Waals surface area contributed by atoms with Crippen molar-refractivity contribution in [2.45, 2.75) is 25.7 Å². The van der Waals surface area contributed by atoms with Gasteiger partial charge in [-0.05, 0) is 38.7 Å². The van der Waals surface area contributed by atoms with E-state index < -0.39 is 0 Å². The Morgan fingerprint density at radius 1 is 1.10 bits per heavy atom. The number of rotatable bonds is 6. The van der Waals surface area contributed by atoms with E-state index in [1.54, 1.807) is 0 Å². The fraction of sp³-hybridized carbons (Fsp3) is 0.667. The zero-order valence-corrected chi connectivity index (χ0v) is 13.9. The Morgan fingerprint density at radius 2 is 1.86 bits per heavy atom. The van der Waals surface area contributed by atoms with Gasteiger partial charge in [-0.1, -0.05) is 44.2 Å². The van der Waals surface area contributed by atoms with Crippen LogP contribution in [-0.4, -0.2) is 62.7 Å². The van der Waals surface area contributed by atoms with Crippen molar-refractivity contribution in [2.24, 2.45) is 0 Å². The Hall–Kier alpha value is -0.900. The van der Waals surface area contributed by atoms with Gasteiger partial charge in [-0.25, -0.2) is 0 Å². The van der Waals surface area contributed by atoms with E-state index in [4.69, 9.17) is 0 Å². The first kappa shape index (κ1) is 16.5. The second-order valence-electron chi connectivity index (χ2n) is 6.64. The van der Waals surface area contributed by atoms with Crippen LogP contribution in [0.25, 0.3) is 0 Å². The third kappa shape index (κ3) is 4.80. The molecule has 3 heteroatoms. The Bertz CT molecular complexity index is 406. The number of benzene rings is 1. The Morgan fingerprint density at radius 3 is 2.57 bits per heavy atom. The Balaban J connectivity index is 2.08. The van der Waals surface area contributed by atoms with Gasteiger partial charge in [-0.3, -0.25) is 0 Å². The highest BCUT2D eigenvalue weighted by molar-refractivity contribution is 5.25. The highest BCUT2D eigenvalue weighted by Gasteiger charge is 2.29. The highest BCUT2D eigenvalue weighted by Crippen LogP contribution is 2.25. The van der Waals surface area contributed by atoms with E-state index in [0.717, 1.165) is 19.6 Å². The molecule has 0 bridgehead atoms. The standard InChI is InChI=1S/C18H31N3/c1-4-19-15-18(2,17-9-6-5-7-10-17)16-21-12-8-11-20(3)13-14-21/h5-7,9-10,19H,4,8,11-16H2,1-3H3. The summed E-state index contributed by atoms with van der Waals surface area (Å²) in [4.78, 5) is 5.10. The van der Waals surface area contributed by atoms with Crippen molar-refractivity contribution in [3.8, 4) is 0 Å². The predicted molar refractivity (Wildman–Crippen MR) is 90.9 cm³/mol. The third-order valence-corrected chi connectivity index (χ3v) is 4.62. The number of nitrogens with one attached hydrogen (secondary N) is 1. The molecule has 2 rings (SSSR count). The number of hydrogen-bond donors (Lipinski definition) is 1. The van der Waals surface area contributed by atoms with Crippen LogP contribution in [0.15, 0.2) is 30.3 Å². The van der Waals surface area contributed by atoms with Crippen molar-refractivity contribution < 1.29 is 0 Å². The SMILES string of the molecule is CCNCC(C)(CN1CCCN(C)CC1)c1ccccc1. The zero-order valence-electron chi connectivity index (χ0n) is 13.9. The van der Waals surface area contributed by atoms with E-state index in [-0.39, 0.29) is 5.41 Å². The first-order valence-electron chi connectivity index (χ1n) is 8.31. The van der Waals surface area contributed by atoms with E-state index in [0.29, 0.717) is 0 Å². The quantitative estimate of drug-likeness (QED) is 0.866. The minimum Gasteiger partial charge on any atom is -0.316 e. The first-order chi connectivity index (χ1) is 10.1. The van der Waals surface area contributed by atoms with E-state index in [1.807, 2.05) is 0 Å². The van der Waals surface area contributed by atoms with Crippen LogP contribution in [0, 0.1) is 0 Å². The molecule has 1 aliphatic rings. The number of nitrogens with zero attached hydrogens (tertiary/aromatic N) is 2. The Kier molecular flexibility index (Phi) is 6.22. The molecule has 1 N–H and O–H groups in total. The van der Waals surface area contributed by atoms with Gasteiger partial charge in [0.2, 0.25) is 0 Å². The molecule has 0 amide bonds. The zero-order chi connectivity index (χ0) is 15.1. The smallest absolute Gasteiger partial charge is 0.0177 e. The lowest BCUT2D eigenvalue weighted by Gasteiger charge is -2.36. The van der Waals surface area contributed by atoms with Crippen molar-refractivity contribution in [1.82, 2.24) is 15.1 Å². The molecule has 1 heterocycles. The lowest BCUT2D eigenvalue weighted by molar-refractivity contribution is 0.216. The molecule has 1 aromatic rings. The topological polar surface area (TPSA) is 18.5 Å². The van der Waals surface area contributed by atoms with Crippen LogP contribution in [0.4, 0.5) is 0 Å². The van der Waals surface area contributed by atoms with Gasteiger partial charge in [0.05, 0.1) is 0 Å². The fourth-order valence-corrected chi connectivity index (χ4v) is 3.24. The average Bonchev–Trinajstić information content (AvgIpc) is 2.71. The van der Waals surface area contributed by atoms with Crippen LogP contribution >= 0.6 is 0 Å². The maximum atomic E-state index is 3.56. The van der Waals surface area contributed by atoms with Crippen molar-refractivity contribution in [3.63, 3.8) is 0 Å². The highest BCUT2D eigenvalue weighted by atomic mass is 15.2. The maximum absolute atomic E-state index is 3.56. The first-order valence-corrected chi connectivity index (χ1v) is 8.31. The van der Waals surface area contributed by atoms with E-state index >= 15 is 0 Å². The summed E-state index contributed by atoms with van der Waals surface area (Å²) in [5, 5.41) is 3.56. The Labute approximate surface area is 130 Å². The van der Waals surface area contributed by atoms with E-state index in [1.165, 1.54) is 38.2 Å². The molecule has 118 valence electrons. The van der Waals surface area contributed by atoms with Crippen molar-refractivity contribution in [3.05, 3.63) is 35.9 Å². The normalized spacial score (nSPS) is 20.9. The summed E-state index contributed by atoms with van der Waals surface area (Å²) < 4.78 is 0. The molecule has 3 nitrogen and oxygen atoms in total. The lowest BCUT2D eigenvalue weighted by atomic mass is 9.81. The molecule has 0 saturated carbocycles. The van der Waals surface area contributed by atoms with Crippen LogP contribution < -0.4 is 5.32 Å². The van der Waals surface area contributed by atoms with Crippen LogP contribution in [0.5, 0.6) is 0 Å². The fourth-order valence-electron chi connectivity index (χ4n) is 3.24. The second-order valence-corrected chi connectivity index (χ2v) is 6.64. The molecular weight excluding hydrogens is 258 g/mol. The van der Waals surface area contributed by atoms with E-state index in [9.17, 15) is 0 Å². The van der Waals surface area contributed by atoms with E-state index in [2.05, 4.69) is 66.3 Å². The molecule has 1 saturated heterocycles. The number of likely N-dealkylation sites (N-methyl/N-ethyl adjacent to an activating group) is 2. The molecule has 0 spiro atoms. The summed E-state index contributed by atoms with van der Waals surface area (Å²) in [6.07, 6.45) is 1.28. The van der Waals surface area contributed by atoms with Crippen LogP contribution in [0.2, 0.25) is 0 Å². The summed E-state index contributed by atoms with van der Waals surface area (Å²) in [6, 6.07) is 11.0. The molecule has 1 unspecified atom stereocenters. The van der Waals surface area contributed by atoms with Crippen molar-refractivity contribution >= 4 is 0 Å². The van der Waals surface area contributed by atoms with Gasteiger partial charge in [0, 0.05) is 31.6 Å². The molecule has 0 radical (unpaired) electrons. The van der Waals surface area contributed by atoms with Crippen LogP contribution in [0.3, 0.4) is 0 Å². The maximum Gasteiger partial charge on any atom is 0.0177 e. The summed E-state index contributed by atoms with van der Waals surface area (Å²) in [5.74, 6) is 0. The minimum absolute atomic E-state index is 0.181. The largest absolute Gasteiger partial charge is 0.316 e. The van der Waals surface area contributed by atoms with Gasteiger partial charge in [0.1, 0.15) is 0 Å². The summed E-state index contributed by atoms with van der Waals surface area (Å²) in [7, 11) is 2.23. The van der Waals surface area contributed by atoms with Gasteiger partial charge in [-0.15, -0.1) is 0 Å². The molecule has 1 aliphatic heterocycles. The van der Waals surface area contributed by atoms with Crippen molar-refractivity contribution in [1.29, 1.82) is 0 Å². The van der Waals surface area contributed by atoms with Gasteiger partial charge in [0.25, 0.3) is 0 Å². The minimum atomic E-state index is 0.181. The lowest BCUT2D eigenvalue weighted by Crippen LogP contribution is -2.46. The molecular formula is C18H31N3. The average molecular weight is 289 g/mol. The second kappa shape index (κ2) is 7.92. The van der Waals surface area contributed by atoms with Gasteiger partial charge in [-0.2, -0.15) is 0 Å². The summed E-state index contributed by atoms with van der Waals surface area (Å²) >= 11 is 0. The van der Waals surface area contributed by atoms with Gasteiger partial charge in [0.15, 0.2) is 0 Å². The van der Waals surface area contributed by atoms with Crippen molar-refractivity contribution in [2.75, 3.05) is 52.9 Å². The van der Waals surface area contributed by atoms with Gasteiger partial charge < -0.3 is 15.1 Å². The predicted octanol–water partition coefficient (Wildman–Crippen LogP) is 2.19. The molecule has 0 aliphatic carbocycles. The molecule has 1 fully saturated rings. The number of hydrogen-bond acceptors (Lipinski definition) is 3. The monoisotopic (exact) mass is 289 g/mol. The summed E-state index contributed by atoms with van der Waals surface area (Å²) in [5.41, 5.74) is 1.63. The molecule has 1 atom stereocenters. The molecule has 1 aromatic carbocycles. The third-order valence-electron chi connectivity index (χ3n) is 4.62. The molecule has 21 heavy (non-hydrogen) atoms. The van der Waals surface area contributed by atoms with Crippen LogP contribution in [0.1, 0.15) is 25.8 Å². The van der Waals surface area contributed by atoms with Gasteiger partial charge >= 0.3 is 0 Å². The van der Waals surface area contributed by atoms with Crippen LogP contribution in [-0.2, 0) is 5.41 Å². The molecule has 0 aromatic heterocycles. The summed E-state index contributed by atoms with van der Waals surface area (Å²) in [6.45, 7) is 12.6.